The van der Waals surface area contributed by atoms with Crippen molar-refractivity contribution in [1.82, 2.24) is 0 Å². The fourth-order valence-corrected chi connectivity index (χ4v) is 2.10. The molecule has 2 rings (SSSR count). The maximum atomic E-state index is 12.2. The molecule has 0 radical (unpaired) electrons. The van der Waals surface area contributed by atoms with Crippen LogP contribution in [-0.4, -0.2) is 10.9 Å². The topological polar surface area (TPSA) is 64.9 Å². The molecular formula is C17H15N3OS. The number of hydrogen-bond acceptors (Lipinski definition) is 3. The van der Waals surface area contributed by atoms with Gasteiger partial charge in [-0.05, 0) is 43.2 Å². The van der Waals surface area contributed by atoms with Crippen LogP contribution < -0.4 is 10.6 Å². The van der Waals surface area contributed by atoms with Gasteiger partial charge in [-0.25, -0.2) is 0 Å². The van der Waals surface area contributed by atoms with Gasteiger partial charge in [0.15, 0.2) is 4.99 Å². The second-order valence-electron chi connectivity index (χ2n) is 4.81. The summed E-state index contributed by atoms with van der Waals surface area (Å²) in [5.74, 6) is -0.446. The first kappa shape index (κ1) is 15.7. The van der Waals surface area contributed by atoms with Crippen LogP contribution in [0.5, 0.6) is 0 Å². The standard InChI is InChI=1S/C17H15N3OS/c1-11-6-5-9-14(12(11)2)20-17(22)16(21)19-15-8-4-3-7-13(15)10-18/h3-9H,1-2H3,(H,19,21)(H,20,22). The molecule has 2 aromatic carbocycles. The van der Waals surface area contributed by atoms with Crippen LogP contribution in [0.15, 0.2) is 42.5 Å². The van der Waals surface area contributed by atoms with Crippen LogP contribution >= 0.6 is 12.2 Å². The second kappa shape index (κ2) is 6.83. The van der Waals surface area contributed by atoms with E-state index in [1.807, 2.05) is 38.1 Å². The van der Waals surface area contributed by atoms with E-state index in [4.69, 9.17) is 17.5 Å². The van der Waals surface area contributed by atoms with Gasteiger partial charge in [0.25, 0.3) is 5.91 Å². The zero-order valence-corrected chi connectivity index (χ0v) is 13.1. The molecule has 2 aromatic rings. The number of thiocarbonyl (C=S) groups is 1. The Hall–Kier alpha value is -2.71. The third kappa shape index (κ3) is 3.48. The highest BCUT2D eigenvalue weighted by molar-refractivity contribution is 7.82. The largest absolute Gasteiger partial charge is 0.342 e. The van der Waals surface area contributed by atoms with E-state index in [-0.39, 0.29) is 4.99 Å². The van der Waals surface area contributed by atoms with Crippen molar-refractivity contribution in [2.75, 3.05) is 10.6 Å². The van der Waals surface area contributed by atoms with Gasteiger partial charge in [-0.15, -0.1) is 0 Å². The molecule has 0 saturated carbocycles. The van der Waals surface area contributed by atoms with Crippen molar-refractivity contribution >= 4 is 34.5 Å². The quantitative estimate of drug-likeness (QED) is 0.833. The van der Waals surface area contributed by atoms with Gasteiger partial charge in [-0.2, -0.15) is 5.26 Å². The van der Waals surface area contributed by atoms with Crippen molar-refractivity contribution in [3.05, 3.63) is 59.2 Å². The Morgan fingerprint density at radius 1 is 1.05 bits per heavy atom. The molecule has 0 fully saturated rings. The van der Waals surface area contributed by atoms with Gasteiger partial charge in [0.1, 0.15) is 6.07 Å². The lowest BCUT2D eigenvalue weighted by molar-refractivity contribution is -0.110. The number of anilines is 2. The first-order valence-electron chi connectivity index (χ1n) is 6.70. The Labute approximate surface area is 134 Å². The highest BCUT2D eigenvalue weighted by Crippen LogP contribution is 2.18. The molecular weight excluding hydrogens is 294 g/mol. The number of nitrogens with one attached hydrogen (secondary N) is 2. The number of benzene rings is 2. The molecule has 0 aliphatic carbocycles. The van der Waals surface area contributed by atoms with Gasteiger partial charge in [0.05, 0.1) is 11.3 Å². The third-order valence-electron chi connectivity index (χ3n) is 3.35. The average molecular weight is 309 g/mol. The minimum Gasteiger partial charge on any atom is -0.342 e. The Morgan fingerprint density at radius 2 is 1.73 bits per heavy atom. The molecule has 0 aliphatic rings. The van der Waals surface area contributed by atoms with E-state index < -0.39 is 5.91 Å². The van der Waals surface area contributed by atoms with Crippen LogP contribution in [0.2, 0.25) is 0 Å². The Kier molecular flexibility index (Phi) is 4.87. The maximum absolute atomic E-state index is 12.2. The van der Waals surface area contributed by atoms with Gasteiger partial charge in [0, 0.05) is 5.69 Å². The van der Waals surface area contributed by atoms with Crippen molar-refractivity contribution in [3.8, 4) is 6.07 Å². The van der Waals surface area contributed by atoms with E-state index in [1.54, 1.807) is 24.3 Å². The maximum Gasteiger partial charge on any atom is 0.283 e. The number of carbonyl (C=O) groups is 1. The lowest BCUT2D eigenvalue weighted by Crippen LogP contribution is -2.28. The highest BCUT2D eigenvalue weighted by atomic mass is 32.1. The number of nitrogens with zero attached hydrogens (tertiary/aromatic N) is 1. The van der Waals surface area contributed by atoms with Crippen LogP contribution in [0.25, 0.3) is 0 Å². The normalized spacial score (nSPS) is 9.68. The molecule has 4 nitrogen and oxygen atoms in total. The van der Waals surface area contributed by atoms with E-state index in [9.17, 15) is 4.79 Å². The third-order valence-corrected chi connectivity index (χ3v) is 3.64. The number of amides is 1. The van der Waals surface area contributed by atoms with Crippen molar-refractivity contribution in [2.45, 2.75) is 13.8 Å². The predicted molar refractivity (Wildman–Crippen MR) is 91.9 cm³/mol. The monoisotopic (exact) mass is 309 g/mol. The number of carbonyl (C=O) groups excluding carboxylic acids is 1. The summed E-state index contributed by atoms with van der Waals surface area (Å²) in [7, 11) is 0. The van der Waals surface area contributed by atoms with E-state index in [1.165, 1.54) is 0 Å². The minimum atomic E-state index is -0.446. The zero-order chi connectivity index (χ0) is 16.1. The van der Waals surface area contributed by atoms with E-state index in [0.29, 0.717) is 11.3 Å². The molecule has 1 amide bonds. The summed E-state index contributed by atoms with van der Waals surface area (Å²) in [6.07, 6.45) is 0. The van der Waals surface area contributed by atoms with Crippen LogP contribution in [0, 0.1) is 25.2 Å². The molecule has 0 atom stereocenters. The minimum absolute atomic E-state index is 0.0569. The molecule has 22 heavy (non-hydrogen) atoms. The molecule has 0 spiro atoms. The molecule has 110 valence electrons. The lowest BCUT2D eigenvalue weighted by atomic mass is 10.1. The molecule has 0 unspecified atom stereocenters. The van der Waals surface area contributed by atoms with E-state index >= 15 is 0 Å². The average Bonchev–Trinajstić information content (AvgIpc) is 2.52. The van der Waals surface area contributed by atoms with Crippen LogP contribution in [-0.2, 0) is 4.79 Å². The summed E-state index contributed by atoms with van der Waals surface area (Å²) in [6.45, 7) is 3.95. The summed E-state index contributed by atoms with van der Waals surface area (Å²) in [5.41, 5.74) is 3.79. The predicted octanol–water partition coefficient (Wildman–Crippen LogP) is 3.55. The molecule has 2 N–H and O–H groups in total. The van der Waals surface area contributed by atoms with E-state index in [2.05, 4.69) is 10.6 Å². The first-order chi connectivity index (χ1) is 10.5. The van der Waals surface area contributed by atoms with Crippen molar-refractivity contribution in [2.24, 2.45) is 0 Å². The molecule has 0 aliphatic heterocycles. The number of aryl methyl sites for hydroxylation is 1. The highest BCUT2D eigenvalue weighted by Gasteiger charge is 2.13. The van der Waals surface area contributed by atoms with Gasteiger partial charge in [0.2, 0.25) is 0 Å². The summed E-state index contributed by atoms with van der Waals surface area (Å²) < 4.78 is 0. The van der Waals surface area contributed by atoms with Crippen molar-refractivity contribution in [3.63, 3.8) is 0 Å². The Bertz CT molecular complexity index is 778. The zero-order valence-electron chi connectivity index (χ0n) is 12.3. The lowest BCUT2D eigenvalue weighted by Gasteiger charge is -2.12. The molecule has 0 aromatic heterocycles. The number of rotatable bonds is 2. The molecule has 0 saturated heterocycles. The summed E-state index contributed by atoms with van der Waals surface area (Å²) in [4.78, 5) is 12.2. The number of hydrogen-bond donors (Lipinski definition) is 2. The Morgan fingerprint density at radius 3 is 2.45 bits per heavy atom. The van der Waals surface area contributed by atoms with Crippen LogP contribution in [0.4, 0.5) is 11.4 Å². The second-order valence-corrected chi connectivity index (χ2v) is 5.22. The fraction of sp³-hybridized carbons (Fsp3) is 0.118. The molecule has 5 heteroatoms. The van der Waals surface area contributed by atoms with Gasteiger partial charge >= 0.3 is 0 Å². The van der Waals surface area contributed by atoms with Gasteiger partial charge < -0.3 is 10.6 Å². The SMILES string of the molecule is Cc1cccc(NC(=S)C(=O)Nc2ccccc2C#N)c1C. The Balaban J connectivity index is 2.12. The fourth-order valence-electron chi connectivity index (χ4n) is 1.93. The molecule has 0 bridgehead atoms. The summed E-state index contributed by atoms with van der Waals surface area (Å²) in [6, 6.07) is 14.6. The van der Waals surface area contributed by atoms with Gasteiger partial charge in [-0.1, -0.05) is 36.5 Å². The number of para-hydroxylation sites is 1. The van der Waals surface area contributed by atoms with E-state index in [0.717, 1.165) is 16.8 Å². The van der Waals surface area contributed by atoms with Crippen molar-refractivity contribution < 1.29 is 4.79 Å². The first-order valence-corrected chi connectivity index (χ1v) is 7.11. The van der Waals surface area contributed by atoms with Crippen molar-refractivity contribution in [1.29, 1.82) is 5.26 Å². The summed E-state index contributed by atoms with van der Waals surface area (Å²) in [5, 5.41) is 14.6. The number of nitriles is 1. The summed E-state index contributed by atoms with van der Waals surface area (Å²) >= 11 is 5.13. The van der Waals surface area contributed by atoms with Gasteiger partial charge in [-0.3, -0.25) is 4.79 Å². The van der Waals surface area contributed by atoms with Crippen LogP contribution in [0.1, 0.15) is 16.7 Å². The molecule has 0 heterocycles. The smallest absolute Gasteiger partial charge is 0.283 e. The van der Waals surface area contributed by atoms with Crippen LogP contribution in [0.3, 0.4) is 0 Å².